The zero-order valence-corrected chi connectivity index (χ0v) is 12.1. The molecule has 0 saturated carbocycles. The minimum atomic E-state index is 0.567. The number of anilines is 1. The normalized spacial score (nSPS) is 15.0. The standard InChI is InChI=1S/C13H14N6S/c1-6-5-7(2)16-12-8(6)9-10(20-12)11-15-3-4-19(11)13(17-9)18-14/h5,15H,3-4,14H2,1-2H3/b18-13-. The van der Waals surface area contributed by atoms with Crippen molar-refractivity contribution in [2.24, 2.45) is 10.9 Å². The summed E-state index contributed by atoms with van der Waals surface area (Å²) >= 11 is 1.68. The fourth-order valence-corrected chi connectivity index (χ4v) is 4.11. The maximum Gasteiger partial charge on any atom is 0.248 e. The lowest BCUT2D eigenvalue weighted by molar-refractivity contribution is 0.720. The van der Waals surface area contributed by atoms with Crippen LogP contribution in [0.4, 0.5) is 5.82 Å². The van der Waals surface area contributed by atoms with Crippen LogP contribution in [0.25, 0.3) is 20.4 Å². The molecule has 0 aromatic carbocycles. The second kappa shape index (κ2) is 3.92. The first-order valence-electron chi connectivity index (χ1n) is 6.48. The highest BCUT2D eigenvalue weighted by Crippen LogP contribution is 2.37. The third kappa shape index (κ3) is 1.41. The van der Waals surface area contributed by atoms with E-state index in [4.69, 9.17) is 5.84 Å². The van der Waals surface area contributed by atoms with Crippen molar-refractivity contribution in [2.75, 3.05) is 11.9 Å². The molecule has 0 fully saturated rings. The van der Waals surface area contributed by atoms with E-state index >= 15 is 0 Å². The summed E-state index contributed by atoms with van der Waals surface area (Å²) in [5.74, 6) is 6.55. The average Bonchev–Trinajstić information content (AvgIpc) is 3.00. The highest BCUT2D eigenvalue weighted by molar-refractivity contribution is 7.26. The Hall–Kier alpha value is -2.15. The number of hydrogen-bond acceptors (Lipinski definition) is 6. The Morgan fingerprint density at radius 3 is 3.05 bits per heavy atom. The number of nitrogens with one attached hydrogen (secondary N) is 1. The number of pyridine rings is 1. The van der Waals surface area contributed by atoms with Crippen molar-refractivity contribution < 1.29 is 0 Å². The van der Waals surface area contributed by atoms with Gasteiger partial charge in [-0.25, -0.2) is 9.97 Å². The predicted octanol–water partition coefficient (Wildman–Crippen LogP) is 1.46. The zero-order chi connectivity index (χ0) is 13.9. The van der Waals surface area contributed by atoms with Crippen LogP contribution in [-0.4, -0.2) is 21.1 Å². The molecule has 4 heterocycles. The maximum absolute atomic E-state index is 5.49. The van der Waals surface area contributed by atoms with E-state index in [-0.39, 0.29) is 0 Å². The lowest BCUT2D eigenvalue weighted by atomic mass is 10.1. The number of nitrogens with zero attached hydrogens (tertiary/aromatic N) is 4. The van der Waals surface area contributed by atoms with Gasteiger partial charge in [0.05, 0.1) is 10.2 Å². The summed E-state index contributed by atoms with van der Waals surface area (Å²) in [6.45, 7) is 5.83. The Labute approximate surface area is 119 Å². The summed E-state index contributed by atoms with van der Waals surface area (Å²) in [6, 6.07) is 2.09. The quantitative estimate of drug-likeness (QED) is 0.484. The van der Waals surface area contributed by atoms with E-state index in [1.165, 1.54) is 5.56 Å². The lowest BCUT2D eigenvalue weighted by Crippen LogP contribution is -2.24. The molecule has 0 radical (unpaired) electrons. The van der Waals surface area contributed by atoms with Gasteiger partial charge in [0.2, 0.25) is 5.62 Å². The SMILES string of the molecule is Cc1cc(C)c2c(n1)sc1c3n(/c(=N\N)nc12)CCN3. The molecule has 3 N–H and O–H groups in total. The molecule has 0 saturated heterocycles. The molecular weight excluding hydrogens is 272 g/mol. The molecule has 0 atom stereocenters. The van der Waals surface area contributed by atoms with Gasteiger partial charge in [0, 0.05) is 24.2 Å². The van der Waals surface area contributed by atoms with Crippen molar-refractivity contribution in [1.29, 1.82) is 0 Å². The number of thiophene rings is 1. The minimum absolute atomic E-state index is 0.567. The molecule has 102 valence electrons. The molecule has 6 nitrogen and oxygen atoms in total. The van der Waals surface area contributed by atoms with Crippen LogP contribution in [0.3, 0.4) is 0 Å². The Morgan fingerprint density at radius 2 is 2.25 bits per heavy atom. The molecule has 0 bridgehead atoms. The Kier molecular flexibility index (Phi) is 2.29. The van der Waals surface area contributed by atoms with Crippen LogP contribution in [0.2, 0.25) is 0 Å². The van der Waals surface area contributed by atoms with Gasteiger partial charge in [-0.1, -0.05) is 0 Å². The first-order valence-corrected chi connectivity index (χ1v) is 7.30. The number of nitrogens with two attached hydrogens (primary N) is 1. The molecule has 0 spiro atoms. The molecule has 4 rings (SSSR count). The average molecular weight is 286 g/mol. The van der Waals surface area contributed by atoms with E-state index < -0.39 is 0 Å². The monoisotopic (exact) mass is 286 g/mol. The second-order valence-corrected chi connectivity index (χ2v) is 6.01. The first kappa shape index (κ1) is 11.7. The molecule has 0 unspecified atom stereocenters. The van der Waals surface area contributed by atoms with Gasteiger partial charge >= 0.3 is 0 Å². The topological polar surface area (TPSA) is 81.1 Å². The van der Waals surface area contributed by atoms with E-state index in [0.717, 1.165) is 45.0 Å². The summed E-state index contributed by atoms with van der Waals surface area (Å²) in [5.41, 5.74) is 3.73. The Morgan fingerprint density at radius 1 is 1.40 bits per heavy atom. The van der Waals surface area contributed by atoms with Crippen LogP contribution in [0.5, 0.6) is 0 Å². The van der Waals surface area contributed by atoms with E-state index in [1.54, 1.807) is 11.3 Å². The van der Waals surface area contributed by atoms with Crippen molar-refractivity contribution in [3.63, 3.8) is 0 Å². The molecule has 3 aromatic rings. The number of aromatic nitrogens is 3. The van der Waals surface area contributed by atoms with Gasteiger partial charge in [-0.2, -0.15) is 0 Å². The zero-order valence-electron chi connectivity index (χ0n) is 11.3. The largest absolute Gasteiger partial charge is 0.368 e. The summed E-state index contributed by atoms with van der Waals surface area (Å²) in [6.07, 6.45) is 0. The summed E-state index contributed by atoms with van der Waals surface area (Å²) in [5, 5.41) is 8.33. The lowest BCUT2D eigenvalue weighted by Gasteiger charge is -2.04. The molecule has 1 aliphatic rings. The summed E-state index contributed by atoms with van der Waals surface area (Å²) < 4.78 is 3.16. The van der Waals surface area contributed by atoms with Crippen molar-refractivity contribution >= 4 is 37.6 Å². The van der Waals surface area contributed by atoms with Crippen molar-refractivity contribution in [3.05, 3.63) is 22.9 Å². The smallest absolute Gasteiger partial charge is 0.248 e. The number of aryl methyl sites for hydroxylation is 2. The van der Waals surface area contributed by atoms with Crippen LogP contribution in [0, 0.1) is 13.8 Å². The van der Waals surface area contributed by atoms with Crippen molar-refractivity contribution in [1.82, 2.24) is 14.5 Å². The van der Waals surface area contributed by atoms with E-state index in [1.807, 2.05) is 11.5 Å². The third-order valence-corrected chi connectivity index (χ3v) is 4.72. The Balaban J connectivity index is 2.28. The van der Waals surface area contributed by atoms with Crippen LogP contribution >= 0.6 is 11.3 Å². The van der Waals surface area contributed by atoms with Crippen molar-refractivity contribution in [3.8, 4) is 0 Å². The fraction of sp³-hybridized carbons (Fsp3) is 0.308. The number of hydrogen-bond donors (Lipinski definition) is 2. The van der Waals surface area contributed by atoms with Crippen LogP contribution in [0.1, 0.15) is 11.3 Å². The first-order chi connectivity index (χ1) is 9.69. The Bertz CT molecular complexity index is 920. The highest BCUT2D eigenvalue weighted by Gasteiger charge is 2.20. The number of fused-ring (bicyclic) bond motifs is 5. The van der Waals surface area contributed by atoms with E-state index in [0.29, 0.717) is 5.62 Å². The molecule has 0 aliphatic carbocycles. The number of rotatable bonds is 0. The molecule has 7 heteroatoms. The van der Waals surface area contributed by atoms with E-state index in [9.17, 15) is 0 Å². The van der Waals surface area contributed by atoms with Gasteiger partial charge in [0.25, 0.3) is 0 Å². The molecule has 1 aliphatic heterocycles. The summed E-state index contributed by atoms with van der Waals surface area (Å²) in [4.78, 5) is 10.3. The van der Waals surface area contributed by atoms with Crippen LogP contribution in [-0.2, 0) is 6.54 Å². The molecular formula is C13H14N6S. The van der Waals surface area contributed by atoms with Gasteiger partial charge in [-0.3, -0.25) is 4.57 Å². The molecule has 20 heavy (non-hydrogen) atoms. The highest BCUT2D eigenvalue weighted by atomic mass is 32.1. The second-order valence-electron chi connectivity index (χ2n) is 5.01. The van der Waals surface area contributed by atoms with E-state index in [2.05, 4.69) is 33.4 Å². The third-order valence-electron chi connectivity index (χ3n) is 3.64. The van der Waals surface area contributed by atoms with Gasteiger partial charge in [-0.15, -0.1) is 16.4 Å². The molecule has 0 amide bonds. The maximum atomic E-state index is 5.49. The predicted molar refractivity (Wildman–Crippen MR) is 80.6 cm³/mol. The fourth-order valence-electron chi connectivity index (χ4n) is 2.85. The van der Waals surface area contributed by atoms with Gasteiger partial charge in [0.15, 0.2) is 0 Å². The van der Waals surface area contributed by atoms with Gasteiger partial charge in [-0.05, 0) is 25.5 Å². The van der Waals surface area contributed by atoms with Crippen molar-refractivity contribution in [2.45, 2.75) is 20.4 Å². The van der Waals surface area contributed by atoms with Gasteiger partial charge < -0.3 is 11.2 Å². The minimum Gasteiger partial charge on any atom is -0.368 e. The van der Waals surface area contributed by atoms with Gasteiger partial charge in [0.1, 0.15) is 10.6 Å². The van der Waals surface area contributed by atoms with Crippen LogP contribution in [0.15, 0.2) is 11.2 Å². The van der Waals surface area contributed by atoms with Crippen LogP contribution < -0.4 is 16.8 Å². The summed E-state index contributed by atoms with van der Waals surface area (Å²) in [7, 11) is 0. The molecule has 3 aromatic heterocycles.